The maximum absolute atomic E-state index is 13.0. The SMILES string of the molecule is NC1CCCCC1C(=O)Nc1ccc(F)c(Cl)c1. The van der Waals surface area contributed by atoms with Crippen molar-refractivity contribution in [1.82, 2.24) is 0 Å². The van der Waals surface area contributed by atoms with Crippen molar-refractivity contribution in [2.24, 2.45) is 11.7 Å². The van der Waals surface area contributed by atoms with Crippen LogP contribution in [0.15, 0.2) is 18.2 Å². The van der Waals surface area contributed by atoms with Crippen molar-refractivity contribution in [1.29, 1.82) is 0 Å². The minimum absolute atomic E-state index is 0.000688. The Kier molecular flexibility index (Phi) is 4.19. The van der Waals surface area contributed by atoms with Gasteiger partial charge in [-0.3, -0.25) is 4.79 Å². The standard InChI is InChI=1S/C13H16ClFN2O/c14-10-7-8(5-6-11(10)15)17-13(18)9-3-1-2-4-12(9)16/h5-7,9,12H,1-4,16H2,(H,17,18). The van der Waals surface area contributed by atoms with E-state index in [0.29, 0.717) is 5.69 Å². The maximum atomic E-state index is 13.0. The quantitative estimate of drug-likeness (QED) is 0.868. The van der Waals surface area contributed by atoms with Gasteiger partial charge in [0.1, 0.15) is 5.82 Å². The number of hydrogen-bond donors (Lipinski definition) is 2. The van der Waals surface area contributed by atoms with Crippen LogP contribution in [0.3, 0.4) is 0 Å². The lowest BCUT2D eigenvalue weighted by Gasteiger charge is -2.27. The number of anilines is 1. The zero-order valence-electron chi connectivity index (χ0n) is 9.96. The largest absolute Gasteiger partial charge is 0.327 e. The van der Waals surface area contributed by atoms with Crippen LogP contribution in [-0.2, 0) is 4.79 Å². The Morgan fingerprint density at radius 2 is 2.11 bits per heavy atom. The fourth-order valence-electron chi connectivity index (χ4n) is 2.29. The van der Waals surface area contributed by atoms with E-state index in [9.17, 15) is 9.18 Å². The molecule has 2 atom stereocenters. The maximum Gasteiger partial charge on any atom is 0.229 e. The molecule has 3 nitrogen and oxygen atoms in total. The summed E-state index contributed by atoms with van der Waals surface area (Å²) in [6.45, 7) is 0. The lowest BCUT2D eigenvalue weighted by Crippen LogP contribution is -2.40. The third kappa shape index (κ3) is 3.00. The molecule has 0 aliphatic heterocycles. The summed E-state index contributed by atoms with van der Waals surface area (Å²) in [6.07, 6.45) is 3.79. The first-order valence-electron chi connectivity index (χ1n) is 6.09. The number of nitrogens with one attached hydrogen (secondary N) is 1. The van der Waals surface area contributed by atoms with Crippen LogP contribution in [0.4, 0.5) is 10.1 Å². The van der Waals surface area contributed by atoms with E-state index in [4.69, 9.17) is 17.3 Å². The molecule has 1 aromatic rings. The molecule has 18 heavy (non-hydrogen) atoms. The number of rotatable bonds is 2. The summed E-state index contributed by atoms with van der Waals surface area (Å²) in [5.74, 6) is -0.767. The van der Waals surface area contributed by atoms with E-state index in [1.807, 2.05) is 0 Å². The lowest BCUT2D eigenvalue weighted by molar-refractivity contribution is -0.121. The molecule has 0 radical (unpaired) electrons. The molecule has 5 heteroatoms. The summed E-state index contributed by atoms with van der Waals surface area (Å²) >= 11 is 5.66. The average Bonchev–Trinajstić information content (AvgIpc) is 2.34. The molecule has 0 aromatic heterocycles. The topological polar surface area (TPSA) is 55.1 Å². The molecule has 0 saturated heterocycles. The van der Waals surface area contributed by atoms with Crippen molar-refractivity contribution in [3.63, 3.8) is 0 Å². The number of carbonyl (C=O) groups excluding carboxylic acids is 1. The molecule has 0 spiro atoms. The van der Waals surface area contributed by atoms with E-state index >= 15 is 0 Å². The van der Waals surface area contributed by atoms with Crippen molar-refractivity contribution in [3.8, 4) is 0 Å². The monoisotopic (exact) mass is 270 g/mol. The second-order valence-corrected chi connectivity index (χ2v) is 5.08. The summed E-state index contributed by atoms with van der Waals surface area (Å²) in [5.41, 5.74) is 6.44. The first-order chi connectivity index (χ1) is 8.58. The summed E-state index contributed by atoms with van der Waals surface area (Å²) in [4.78, 5) is 12.0. The summed E-state index contributed by atoms with van der Waals surface area (Å²) < 4.78 is 13.0. The Hall–Kier alpha value is -1.13. The van der Waals surface area contributed by atoms with Crippen molar-refractivity contribution in [3.05, 3.63) is 29.0 Å². The Morgan fingerprint density at radius 3 is 2.78 bits per heavy atom. The van der Waals surface area contributed by atoms with Gasteiger partial charge in [-0.1, -0.05) is 24.4 Å². The Labute approximate surface area is 111 Å². The van der Waals surface area contributed by atoms with Gasteiger partial charge in [0.2, 0.25) is 5.91 Å². The minimum Gasteiger partial charge on any atom is -0.327 e. The van der Waals surface area contributed by atoms with Gasteiger partial charge in [0, 0.05) is 11.7 Å². The van der Waals surface area contributed by atoms with Crippen LogP contribution in [0.2, 0.25) is 5.02 Å². The predicted octanol–water partition coefficient (Wildman–Crippen LogP) is 2.94. The molecule has 1 aliphatic carbocycles. The van der Waals surface area contributed by atoms with E-state index in [1.54, 1.807) is 0 Å². The summed E-state index contributed by atoms with van der Waals surface area (Å²) in [7, 11) is 0. The molecule has 3 N–H and O–H groups in total. The van der Waals surface area contributed by atoms with Crippen LogP contribution in [-0.4, -0.2) is 11.9 Å². The molecular weight excluding hydrogens is 255 g/mol. The number of benzene rings is 1. The van der Waals surface area contributed by atoms with E-state index in [2.05, 4.69) is 5.32 Å². The molecule has 1 saturated carbocycles. The third-order valence-corrected chi connectivity index (χ3v) is 3.63. The zero-order chi connectivity index (χ0) is 13.1. The number of nitrogens with two attached hydrogens (primary N) is 1. The number of hydrogen-bond acceptors (Lipinski definition) is 2. The molecule has 1 aromatic carbocycles. The van der Waals surface area contributed by atoms with Crippen LogP contribution >= 0.6 is 11.6 Å². The first kappa shape index (κ1) is 13.3. The fourth-order valence-corrected chi connectivity index (χ4v) is 2.47. The van der Waals surface area contributed by atoms with Gasteiger partial charge in [-0.25, -0.2) is 4.39 Å². The minimum atomic E-state index is -0.496. The molecule has 98 valence electrons. The molecule has 0 heterocycles. The molecule has 1 fully saturated rings. The van der Waals surface area contributed by atoms with E-state index in [1.165, 1.54) is 18.2 Å². The van der Waals surface area contributed by atoms with Gasteiger partial charge >= 0.3 is 0 Å². The van der Waals surface area contributed by atoms with E-state index in [0.717, 1.165) is 25.7 Å². The van der Waals surface area contributed by atoms with Gasteiger partial charge in [0.25, 0.3) is 0 Å². The van der Waals surface area contributed by atoms with Crippen LogP contribution < -0.4 is 11.1 Å². The highest BCUT2D eigenvalue weighted by Gasteiger charge is 2.28. The van der Waals surface area contributed by atoms with Gasteiger partial charge < -0.3 is 11.1 Å². The lowest BCUT2D eigenvalue weighted by atomic mass is 9.84. The summed E-state index contributed by atoms with van der Waals surface area (Å²) in [6, 6.07) is 4.05. The van der Waals surface area contributed by atoms with Crippen molar-refractivity contribution < 1.29 is 9.18 Å². The van der Waals surface area contributed by atoms with Crippen LogP contribution in [0.5, 0.6) is 0 Å². The van der Waals surface area contributed by atoms with Gasteiger partial charge in [-0.15, -0.1) is 0 Å². The van der Waals surface area contributed by atoms with Gasteiger partial charge in [0.15, 0.2) is 0 Å². The first-order valence-corrected chi connectivity index (χ1v) is 6.47. The van der Waals surface area contributed by atoms with Gasteiger partial charge in [0.05, 0.1) is 10.9 Å². The second-order valence-electron chi connectivity index (χ2n) is 4.67. The smallest absolute Gasteiger partial charge is 0.229 e. The fraction of sp³-hybridized carbons (Fsp3) is 0.462. The Balaban J connectivity index is 2.04. The Bertz CT molecular complexity index is 453. The van der Waals surface area contributed by atoms with Crippen molar-refractivity contribution in [2.75, 3.05) is 5.32 Å². The van der Waals surface area contributed by atoms with Crippen LogP contribution in [0, 0.1) is 11.7 Å². The average molecular weight is 271 g/mol. The van der Waals surface area contributed by atoms with Crippen LogP contribution in [0.1, 0.15) is 25.7 Å². The van der Waals surface area contributed by atoms with Crippen LogP contribution in [0.25, 0.3) is 0 Å². The normalized spacial score (nSPS) is 23.7. The second kappa shape index (κ2) is 5.67. The zero-order valence-corrected chi connectivity index (χ0v) is 10.7. The molecule has 1 aliphatic rings. The van der Waals surface area contributed by atoms with Gasteiger partial charge in [-0.05, 0) is 31.0 Å². The van der Waals surface area contributed by atoms with E-state index in [-0.39, 0.29) is 22.9 Å². The molecular formula is C13H16ClFN2O. The number of amides is 1. The third-order valence-electron chi connectivity index (χ3n) is 3.34. The Morgan fingerprint density at radius 1 is 1.39 bits per heavy atom. The highest BCUT2D eigenvalue weighted by atomic mass is 35.5. The molecule has 0 bridgehead atoms. The number of halogens is 2. The highest BCUT2D eigenvalue weighted by molar-refractivity contribution is 6.31. The van der Waals surface area contributed by atoms with E-state index < -0.39 is 5.82 Å². The summed E-state index contributed by atoms with van der Waals surface area (Å²) in [5, 5.41) is 2.74. The number of carbonyl (C=O) groups is 1. The molecule has 2 rings (SSSR count). The predicted molar refractivity (Wildman–Crippen MR) is 70.0 cm³/mol. The molecule has 2 unspecified atom stereocenters. The van der Waals surface area contributed by atoms with Gasteiger partial charge in [-0.2, -0.15) is 0 Å². The molecule has 1 amide bonds. The van der Waals surface area contributed by atoms with Crippen molar-refractivity contribution in [2.45, 2.75) is 31.7 Å². The van der Waals surface area contributed by atoms with Crippen molar-refractivity contribution >= 4 is 23.2 Å². The highest BCUT2D eigenvalue weighted by Crippen LogP contribution is 2.25.